The fraction of sp³-hybridized carbons (Fsp3) is 0.250. The van der Waals surface area contributed by atoms with Gasteiger partial charge < -0.3 is 28.4 Å². The predicted molar refractivity (Wildman–Crippen MR) is 135 cm³/mol. The summed E-state index contributed by atoms with van der Waals surface area (Å²) >= 11 is 0. The summed E-state index contributed by atoms with van der Waals surface area (Å²) in [5.41, 5.74) is 3.04. The predicted octanol–water partition coefficient (Wildman–Crippen LogP) is 5.55. The molecule has 1 atom stereocenters. The van der Waals surface area contributed by atoms with Crippen LogP contribution >= 0.6 is 0 Å². The molecule has 0 aliphatic heterocycles. The van der Waals surface area contributed by atoms with E-state index in [2.05, 4.69) is 0 Å². The number of ether oxygens (including phenoxy) is 6. The van der Waals surface area contributed by atoms with Crippen LogP contribution in [0.15, 0.2) is 54.6 Å². The van der Waals surface area contributed by atoms with Gasteiger partial charge in [0.05, 0.1) is 35.5 Å². The van der Waals surface area contributed by atoms with E-state index in [0.29, 0.717) is 34.1 Å². The third kappa shape index (κ3) is 6.26. The van der Waals surface area contributed by atoms with Crippen molar-refractivity contribution in [3.63, 3.8) is 0 Å². The van der Waals surface area contributed by atoms with E-state index < -0.39 is 12.1 Å². The van der Waals surface area contributed by atoms with Crippen molar-refractivity contribution in [2.75, 3.05) is 35.5 Å². The van der Waals surface area contributed by atoms with Gasteiger partial charge in [0.15, 0.2) is 6.10 Å². The average Bonchev–Trinajstić information content (AvgIpc) is 2.89. The molecule has 0 heterocycles. The largest absolute Gasteiger partial charge is 0.497 e. The van der Waals surface area contributed by atoms with Crippen LogP contribution in [0.3, 0.4) is 0 Å². The minimum atomic E-state index is -0.798. The van der Waals surface area contributed by atoms with Crippen LogP contribution in [0.5, 0.6) is 28.7 Å². The summed E-state index contributed by atoms with van der Waals surface area (Å²) in [6.07, 6.45) is 3.08. The normalized spacial score (nSPS) is 11.6. The monoisotopic (exact) mass is 478 g/mol. The molecule has 7 nitrogen and oxygen atoms in total. The van der Waals surface area contributed by atoms with Gasteiger partial charge in [-0.25, -0.2) is 0 Å². The molecule has 0 radical (unpaired) electrons. The van der Waals surface area contributed by atoms with Gasteiger partial charge >= 0.3 is 5.97 Å². The number of esters is 1. The number of carbonyl (C=O) groups excluding carboxylic acids is 1. The molecule has 35 heavy (non-hydrogen) atoms. The van der Waals surface area contributed by atoms with E-state index in [-0.39, 0.29) is 0 Å². The van der Waals surface area contributed by atoms with Gasteiger partial charge in [-0.15, -0.1) is 0 Å². The molecule has 0 fully saturated rings. The highest BCUT2D eigenvalue weighted by atomic mass is 16.5. The SMILES string of the molecule is COc1ccc(/C=C/c2cc(OC)cc(OC)c2C(OC(C)=O)c2cc(OC)cc(OC)c2)cc1. The Balaban J connectivity index is 2.21. The Bertz CT molecular complexity index is 1160. The van der Waals surface area contributed by atoms with Gasteiger partial charge in [-0.05, 0) is 41.5 Å². The fourth-order valence-electron chi connectivity index (χ4n) is 3.67. The van der Waals surface area contributed by atoms with Crippen molar-refractivity contribution in [3.05, 3.63) is 76.9 Å². The van der Waals surface area contributed by atoms with Gasteiger partial charge in [-0.3, -0.25) is 4.79 Å². The first-order valence-electron chi connectivity index (χ1n) is 10.9. The number of benzene rings is 3. The first-order chi connectivity index (χ1) is 16.9. The van der Waals surface area contributed by atoms with Crippen molar-refractivity contribution in [1.29, 1.82) is 0 Å². The number of carbonyl (C=O) groups is 1. The summed E-state index contributed by atoms with van der Waals surface area (Å²) < 4.78 is 33.2. The number of methoxy groups -OCH3 is 5. The molecule has 0 amide bonds. The highest BCUT2D eigenvalue weighted by Gasteiger charge is 2.26. The molecule has 3 aromatic carbocycles. The van der Waals surface area contributed by atoms with E-state index in [4.69, 9.17) is 28.4 Å². The molecule has 0 saturated heterocycles. The lowest BCUT2D eigenvalue weighted by atomic mass is 9.94. The highest BCUT2D eigenvalue weighted by molar-refractivity contribution is 5.75. The first-order valence-corrected chi connectivity index (χ1v) is 10.9. The zero-order chi connectivity index (χ0) is 25.4. The molecule has 0 bridgehead atoms. The summed E-state index contributed by atoms with van der Waals surface area (Å²) in [4.78, 5) is 12.2. The summed E-state index contributed by atoms with van der Waals surface area (Å²) in [7, 11) is 7.91. The van der Waals surface area contributed by atoms with Crippen LogP contribution in [0.1, 0.15) is 35.3 Å². The first kappa shape index (κ1) is 25.5. The van der Waals surface area contributed by atoms with E-state index in [9.17, 15) is 4.79 Å². The van der Waals surface area contributed by atoms with Crippen molar-refractivity contribution in [1.82, 2.24) is 0 Å². The minimum Gasteiger partial charge on any atom is -0.497 e. The summed E-state index contributed by atoms with van der Waals surface area (Å²) in [5, 5.41) is 0. The lowest BCUT2D eigenvalue weighted by Gasteiger charge is -2.24. The van der Waals surface area contributed by atoms with Crippen molar-refractivity contribution in [3.8, 4) is 28.7 Å². The molecule has 0 aliphatic rings. The number of hydrogen-bond acceptors (Lipinski definition) is 7. The zero-order valence-corrected chi connectivity index (χ0v) is 20.8. The molecule has 0 saturated carbocycles. The molecule has 184 valence electrons. The maximum atomic E-state index is 12.2. The summed E-state index contributed by atoms with van der Waals surface area (Å²) in [5.74, 6) is 2.57. The molecular weight excluding hydrogens is 448 g/mol. The van der Waals surface area contributed by atoms with E-state index in [0.717, 1.165) is 16.9 Å². The van der Waals surface area contributed by atoms with Crippen LogP contribution in [0.25, 0.3) is 12.2 Å². The second kappa shape index (κ2) is 11.8. The van der Waals surface area contributed by atoms with Crippen molar-refractivity contribution >= 4 is 18.1 Å². The van der Waals surface area contributed by atoms with Crippen LogP contribution in [0, 0.1) is 0 Å². The number of rotatable bonds is 10. The Morgan fingerprint density at radius 1 is 0.686 bits per heavy atom. The molecule has 7 heteroatoms. The van der Waals surface area contributed by atoms with E-state index in [1.165, 1.54) is 6.92 Å². The van der Waals surface area contributed by atoms with Gasteiger partial charge in [0.25, 0.3) is 0 Å². The van der Waals surface area contributed by atoms with Crippen molar-refractivity contribution in [2.45, 2.75) is 13.0 Å². The topological polar surface area (TPSA) is 72.5 Å². The zero-order valence-electron chi connectivity index (χ0n) is 20.8. The van der Waals surface area contributed by atoms with E-state index in [1.807, 2.05) is 42.5 Å². The van der Waals surface area contributed by atoms with Gasteiger partial charge in [0, 0.05) is 30.2 Å². The summed E-state index contributed by atoms with van der Waals surface area (Å²) in [6.45, 7) is 1.37. The van der Waals surface area contributed by atoms with Crippen molar-refractivity contribution < 1.29 is 33.2 Å². The smallest absolute Gasteiger partial charge is 0.303 e. The van der Waals surface area contributed by atoms with Crippen LogP contribution in [-0.2, 0) is 9.53 Å². The van der Waals surface area contributed by atoms with Crippen LogP contribution in [-0.4, -0.2) is 41.5 Å². The Kier molecular flexibility index (Phi) is 8.62. The molecule has 1 unspecified atom stereocenters. The Labute approximate surface area is 205 Å². The molecule has 0 N–H and O–H groups in total. The van der Waals surface area contributed by atoms with E-state index >= 15 is 0 Å². The second-order valence-electron chi connectivity index (χ2n) is 7.57. The lowest BCUT2D eigenvalue weighted by molar-refractivity contribution is -0.144. The Morgan fingerprint density at radius 2 is 1.26 bits per heavy atom. The molecule has 3 rings (SSSR count). The van der Waals surface area contributed by atoms with Gasteiger partial charge in [0.2, 0.25) is 0 Å². The summed E-state index contributed by atoms with van der Waals surface area (Å²) in [6, 6.07) is 16.6. The second-order valence-corrected chi connectivity index (χ2v) is 7.57. The molecular formula is C28H30O7. The average molecular weight is 479 g/mol. The van der Waals surface area contributed by atoms with Gasteiger partial charge in [-0.1, -0.05) is 24.3 Å². The molecule has 0 spiro atoms. The molecule has 0 aliphatic carbocycles. The molecule has 3 aromatic rings. The Hall–Kier alpha value is -4.13. The third-order valence-corrected chi connectivity index (χ3v) is 5.40. The van der Waals surface area contributed by atoms with Crippen LogP contribution in [0.4, 0.5) is 0 Å². The lowest BCUT2D eigenvalue weighted by Crippen LogP contribution is -2.13. The van der Waals surface area contributed by atoms with Crippen LogP contribution < -0.4 is 23.7 Å². The standard InChI is InChI=1S/C28H30O7/c1-18(29)35-28(21-14-23(31-3)16-24(15-21)32-4)27-20(13-25(33-5)17-26(27)34-6)10-7-19-8-11-22(30-2)12-9-19/h7-17,28H,1-6H3/b10-7+. The highest BCUT2D eigenvalue weighted by Crippen LogP contribution is 2.41. The van der Waals surface area contributed by atoms with Gasteiger partial charge in [-0.2, -0.15) is 0 Å². The van der Waals surface area contributed by atoms with E-state index in [1.54, 1.807) is 59.8 Å². The van der Waals surface area contributed by atoms with Gasteiger partial charge in [0.1, 0.15) is 28.7 Å². The van der Waals surface area contributed by atoms with Crippen LogP contribution in [0.2, 0.25) is 0 Å². The fourth-order valence-corrected chi connectivity index (χ4v) is 3.67. The van der Waals surface area contributed by atoms with Crippen molar-refractivity contribution in [2.24, 2.45) is 0 Å². The maximum absolute atomic E-state index is 12.2. The molecule has 0 aromatic heterocycles. The number of hydrogen-bond donors (Lipinski definition) is 0. The third-order valence-electron chi connectivity index (χ3n) is 5.40. The quantitative estimate of drug-likeness (QED) is 0.279. The maximum Gasteiger partial charge on any atom is 0.303 e. The minimum absolute atomic E-state index is 0.445. The Morgan fingerprint density at radius 3 is 1.77 bits per heavy atom.